The Kier molecular flexibility index (Phi) is 7.75. The summed E-state index contributed by atoms with van der Waals surface area (Å²) in [5.41, 5.74) is 2.69. The molecule has 10 heteroatoms. The van der Waals surface area contributed by atoms with Gasteiger partial charge in [-0.05, 0) is 55.7 Å². The maximum atomic E-state index is 13.8. The first kappa shape index (κ1) is 26.5. The number of aromatic nitrogens is 1. The number of esters is 1. The molecule has 1 aliphatic rings. The Bertz CT molecular complexity index is 1590. The van der Waals surface area contributed by atoms with E-state index < -0.39 is 12.0 Å². The molecule has 0 aliphatic carbocycles. The van der Waals surface area contributed by atoms with E-state index in [-0.39, 0.29) is 12.2 Å². The van der Waals surface area contributed by atoms with Crippen molar-refractivity contribution in [2.24, 2.45) is 4.99 Å². The number of hydrogen-bond donors (Lipinski definition) is 0. The SMILES string of the molecule is CCOC(=O)C1=C(C)N=c2s/c(=C/c3cc(OC)c(OC)cc3Cl)c(=O)n2[C@H]1c1ccc(C)c(OC)c1. The molecule has 0 fully saturated rings. The second kappa shape index (κ2) is 10.8. The smallest absolute Gasteiger partial charge is 0.338 e. The molecule has 3 aromatic rings. The molecule has 1 aromatic heterocycles. The average Bonchev–Trinajstić information content (AvgIpc) is 3.18. The lowest BCUT2D eigenvalue weighted by Crippen LogP contribution is -2.40. The Morgan fingerprint density at radius 1 is 1.08 bits per heavy atom. The molecule has 37 heavy (non-hydrogen) atoms. The number of benzene rings is 2. The van der Waals surface area contributed by atoms with Crippen molar-refractivity contribution in [1.29, 1.82) is 0 Å². The van der Waals surface area contributed by atoms with E-state index in [0.29, 0.717) is 54.0 Å². The summed E-state index contributed by atoms with van der Waals surface area (Å²) in [7, 11) is 4.63. The lowest BCUT2D eigenvalue weighted by atomic mass is 9.95. The zero-order valence-electron chi connectivity index (χ0n) is 21.4. The largest absolute Gasteiger partial charge is 0.496 e. The van der Waals surface area contributed by atoms with Gasteiger partial charge in [0.2, 0.25) is 0 Å². The molecule has 4 rings (SSSR count). The monoisotopic (exact) mass is 542 g/mol. The lowest BCUT2D eigenvalue weighted by Gasteiger charge is -2.25. The number of thiazole rings is 1. The predicted molar refractivity (Wildman–Crippen MR) is 143 cm³/mol. The van der Waals surface area contributed by atoms with Crippen LogP contribution in [0.5, 0.6) is 17.2 Å². The third-order valence-corrected chi connectivity index (χ3v) is 7.36. The van der Waals surface area contributed by atoms with Crippen LogP contribution in [-0.4, -0.2) is 38.5 Å². The van der Waals surface area contributed by atoms with Gasteiger partial charge in [0.25, 0.3) is 5.56 Å². The van der Waals surface area contributed by atoms with Crippen LogP contribution >= 0.6 is 22.9 Å². The number of rotatable bonds is 7. The van der Waals surface area contributed by atoms with Gasteiger partial charge >= 0.3 is 5.97 Å². The fourth-order valence-electron chi connectivity index (χ4n) is 4.24. The third kappa shape index (κ3) is 4.89. The van der Waals surface area contributed by atoms with Gasteiger partial charge < -0.3 is 18.9 Å². The van der Waals surface area contributed by atoms with Gasteiger partial charge in [-0.2, -0.15) is 0 Å². The van der Waals surface area contributed by atoms with Crippen molar-refractivity contribution in [1.82, 2.24) is 4.57 Å². The van der Waals surface area contributed by atoms with Crippen LogP contribution in [0.3, 0.4) is 0 Å². The van der Waals surface area contributed by atoms with Crippen LogP contribution in [0, 0.1) is 6.92 Å². The highest BCUT2D eigenvalue weighted by molar-refractivity contribution is 7.07. The van der Waals surface area contributed by atoms with Crippen LogP contribution < -0.4 is 29.1 Å². The number of methoxy groups -OCH3 is 3. The summed E-state index contributed by atoms with van der Waals surface area (Å²) in [4.78, 5) is 32.0. The van der Waals surface area contributed by atoms with E-state index in [2.05, 4.69) is 4.99 Å². The molecule has 0 unspecified atom stereocenters. The number of ether oxygens (including phenoxy) is 4. The average molecular weight is 543 g/mol. The highest BCUT2D eigenvalue weighted by atomic mass is 35.5. The molecule has 1 atom stereocenters. The number of fused-ring (bicyclic) bond motifs is 1. The van der Waals surface area contributed by atoms with Crippen LogP contribution in [-0.2, 0) is 9.53 Å². The topological polar surface area (TPSA) is 88.4 Å². The van der Waals surface area contributed by atoms with E-state index >= 15 is 0 Å². The highest BCUT2D eigenvalue weighted by Crippen LogP contribution is 2.35. The summed E-state index contributed by atoms with van der Waals surface area (Å²) in [6.07, 6.45) is 1.68. The predicted octanol–water partition coefficient (Wildman–Crippen LogP) is 3.79. The van der Waals surface area contributed by atoms with Gasteiger partial charge in [0.15, 0.2) is 16.3 Å². The third-order valence-electron chi connectivity index (χ3n) is 6.05. The number of aryl methyl sites for hydroxylation is 1. The molecule has 0 saturated carbocycles. The minimum atomic E-state index is -0.743. The quantitative estimate of drug-likeness (QED) is 0.422. The number of carbonyl (C=O) groups excluding carboxylic acids is 1. The first-order valence-electron chi connectivity index (χ1n) is 11.5. The molecule has 0 radical (unpaired) electrons. The van der Waals surface area contributed by atoms with Gasteiger partial charge in [-0.1, -0.05) is 35.1 Å². The number of carbonyl (C=O) groups is 1. The molecular formula is C27H27ClN2O6S. The zero-order valence-corrected chi connectivity index (χ0v) is 23.0. The van der Waals surface area contributed by atoms with Gasteiger partial charge in [0.1, 0.15) is 5.75 Å². The molecular weight excluding hydrogens is 516 g/mol. The fourth-order valence-corrected chi connectivity index (χ4v) is 5.48. The second-order valence-corrected chi connectivity index (χ2v) is 9.68. The van der Waals surface area contributed by atoms with Gasteiger partial charge in [-0.15, -0.1) is 0 Å². The van der Waals surface area contributed by atoms with Crippen molar-refractivity contribution in [3.8, 4) is 17.2 Å². The Morgan fingerprint density at radius 2 is 1.76 bits per heavy atom. The Hall–Kier alpha value is -3.56. The van der Waals surface area contributed by atoms with Crippen LogP contribution in [0.2, 0.25) is 5.02 Å². The summed E-state index contributed by atoms with van der Waals surface area (Å²) in [6, 6.07) is 8.20. The minimum absolute atomic E-state index is 0.196. The van der Waals surface area contributed by atoms with Gasteiger partial charge in [-0.25, -0.2) is 9.79 Å². The maximum absolute atomic E-state index is 13.8. The molecule has 0 N–H and O–H groups in total. The van der Waals surface area contributed by atoms with E-state index in [9.17, 15) is 9.59 Å². The van der Waals surface area contributed by atoms with E-state index in [1.807, 2.05) is 25.1 Å². The van der Waals surface area contributed by atoms with E-state index in [1.165, 1.54) is 30.1 Å². The highest BCUT2D eigenvalue weighted by Gasteiger charge is 2.33. The molecule has 8 nitrogen and oxygen atoms in total. The lowest BCUT2D eigenvalue weighted by molar-refractivity contribution is -0.139. The van der Waals surface area contributed by atoms with E-state index in [4.69, 9.17) is 30.5 Å². The van der Waals surface area contributed by atoms with Crippen molar-refractivity contribution >= 4 is 35.0 Å². The van der Waals surface area contributed by atoms with Gasteiger partial charge in [-0.3, -0.25) is 9.36 Å². The number of allylic oxidation sites excluding steroid dienone is 1. The number of nitrogens with zero attached hydrogens (tertiary/aromatic N) is 2. The summed E-state index contributed by atoms with van der Waals surface area (Å²) >= 11 is 7.69. The number of halogens is 1. The Morgan fingerprint density at radius 3 is 2.41 bits per heavy atom. The molecule has 1 aliphatic heterocycles. The van der Waals surface area contributed by atoms with Crippen molar-refractivity contribution in [3.05, 3.63) is 83.0 Å². The number of hydrogen-bond acceptors (Lipinski definition) is 8. The van der Waals surface area contributed by atoms with E-state index in [0.717, 1.165) is 5.56 Å². The van der Waals surface area contributed by atoms with Gasteiger partial charge in [0, 0.05) is 6.07 Å². The van der Waals surface area contributed by atoms with E-state index in [1.54, 1.807) is 39.2 Å². The minimum Gasteiger partial charge on any atom is -0.496 e. The van der Waals surface area contributed by atoms with Crippen molar-refractivity contribution in [3.63, 3.8) is 0 Å². The molecule has 194 valence electrons. The van der Waals surface area contributed by atoms with Crippen LogP contribution in [0.15, 0.2) is 51.4 Å². The van der Waals surface area contributed by atoms with Crippen LogP contribution in [0.4, 0.5) is 0 Å². The molecule has 0 bridgehead atoms. The summed E-state index contributed by atoms with van der Waals surface area (Å²) in [5.74, 6) is 1.09. The summed E-state index contributed by atoms with van der Waals surface area (Å²) in [6.45, 7) is 5.60. The fraction of sp³-hybridized carbons (Fsp3) is 0.296. The van der Waals surface area contributed by atoms with Crippen LogP contribution in [0.1, 0.15) is 36.6 Å². The first-order valence-corrected chi connectivity index (χ1v) is 12.7. The normalized spacial score (nSPS) is 15.2. The molecule has 0 spiro atoms. The zero-order chi connectivity index (χ0) is 26.9. The second-order valence-electron chi connectivity index (χ2n) is 8.26. The standard InChI is InChI=1S/C27H27ClN2O6S/c1-7-36-26(32)23-15(3)29-27-30(24(23)16-9-8-14(2)19(10-16)33-4)25(31)22(37-27)12-17-11-20(34-5)21(35-6)13-18(17)28/h8-13,24H,7H2,1-6H3/b22-12+/t24-/m0/s1. The first-order chi connectivity index (χ1) is 17.7. The molecule has 0 amide bonds. The van der Waals surface area contributed by atoms with Crippen molar-refractivity contribution in [2.45, 2.75) is 26.8 Å². The molecule has 2 heterocycles. The molecule has 2 aromatic carbocycles. The Balaban J connectivity index is 1.98. The van der Waals surface area contributed by atoms with Gasteiger partial charge in [0.05, 0.1) is 54.8 Å². The summed E-state index contributed by atoms with van der Waals surface area (Å²) < 4.78 is 23.5. The van der Waals surface area contributed by atoms with Crippen molar-refractivity contribution in [2.75, 3.05) is 27.9 Å². The maximum Gasteiger partial charge on any atom is 0.338 e. The van der Waals surface area contributed by atoms with Crippen LogP contribution in [0.25, 0.3) is 6.08 Å². The Labute approximate surface area is 223 Å². The van der Waals surface area contributed by atoms with Crippen molar-refractivity contribution < 1.29 is 23.7 Å². The summed E-state index contributed by atoms with van der Waals surface area (Å²) in [5, 5.41) is 0.395. The molecule has 0 saturated heterocycles.